The summed E-state index contributed by atoms with van der Waals surface area (Å²) in [7, 11) is 0. The number of ketones is 1. The predicted molar refractivity (Wildman–Crippen MR) is 235 cm³/mol. The molecule has 3 aliphatic heterocycles. The van der Waals surface area contributed by atoms with Crippen LogP contribution in [0.3, 0.4) is 0 Å². The summed E-state index contributed by atoms with van der Waals surface area (Å²) < 4.78 is 1.70. The first-order chi connectivity index (χ1) is 30.5. The highest BCUT2D eigenvalue weighted by molar-refractivity contribution is 6.25. The number of benzene rings is 1. The fourth-order valence-electron chi connectivity index (χ4n) is 9.21. The number of rotatable bonds is 16. The molecule has 0 bridgehead atoms. The Balaban J connectivity index is 0.737. The molecule has 4 N–H and O–H groups in total. The van der Waals surface area contributed by atoms with E-state index < -0.39 is 29.7 Å². The SMILES string of the molecule is CC(=O)c1c(C)c2cnc(Nc3ccc(N4CCN(CC(=O)NCCCCCCNc5cccc6c5C(=O)N(C5CCC(=O)NC5=O)C6=O)CC4)cn3)nc2n(C2CCCC2)c1=O. The van der Waals surface area contributed by atoms with Crippen LogP contribution in [0.4, 0.5) is 23.1 Å². The number of fused-ring (bicyclic) bond motifs is 2. The number of carbonyl (C=O) groups excluding carboxylic acids is 6. The quantitative estimate of drug-likeness (QED) is 0.0714. The van der Waals surface area contributed by atoms with Crippen molar-refractivity contribution < 1.29 is 28.8 Å². The van der Waals surface area contributed by atoms with Crippen molar-refractivity contribution in [3.05, 3.63) is 75.3 Å². The lowest BCUT2D eigenvalue weighted by atomic mass is 10.0. The number of aromatic nitrogens is 4. The monoisotopic (exact) mass is 859 g/mol. The van der Waals surface area contributed by atoms with Crippen molar-refractivity contribution in [2.75, 3.05) is 61.3 Å². The van der Waals surface area contributed by atoms with Crippen LogP contribution in [-0.4, -0.2) is 116 Å². The number of piperidine rings is 1. The molecule has 1 aliphatic carbocycles. The zero-order chi connectivity index (χ0) is 44.2. The predicted octanol–water partition coefficient (Wildman–Crippen LogP) is 3.87. The largest absolute Gasteiger partial charge is 0.384 e. The van der Waals surface area contributed by atoms with Crippen LogP contribution in [0.25, 0.3) is 11.0 Å². The van der Waals surface area contributed by atoms with Crippen molar-refractivity contribution in [1.29, 1.82) is 0 Å². The molecule has 6 heterocycles. The molecule has 5 amide bonds. The lowest BCUT2D eigenvalue weighted by Crippen LogP contribution is -2.54. The molecule has 4 aliphatic rings. The van der Waals surface area contributed by atoms with Gasteiger partial charge in [0.1, 0.15) is 17.5 Å². The minimum absolute atomic E-state index is 0.00342. The number of unbranched alkanes of at least 4 members (excludes halogenated alkanes) is 3. The van der Waals surface area contributed by atoms with Gasteiger partial charge >= 0.3 is 0 Å². The zero-order valence-electron chi connectivity index (χ0n) is 35.7. The molecule has 18 heteroatoms. The van der Waals surface area contributed by atoms with Gasteiger partial charge in [0.15, 0.2) is 5.78 Å². The number of aryl methyl sites for hydroxylation is 1. The molecule has 1 saturated carbocycles. The topological polar surface area (TPSA) is 221 Å². The van der Waals surface area contributed by atoms with E-state index in [2.05, 4.69) is 41.0 Å². The highest BCUT2D eigenvalue weighted by atomic mass is 16.2. The molecule has 3 aromatic heterocycles. The Morgan fingerprint density at radius 1 is 0.857 bits per heavy atom. The Hall–Kier alpha value is -6.56. The summed E-state index contributed by atoms with van der Waals surface area (Å²) in [5.74, 6) is -1.49. The summed E-state index contributed by atoms with van der Waals surface area (Å²) in [5, 5.41) is 12.4. The number of carbonyl (C=O) groups is 6. The Bertz CT molecular complexity index is 2510. The number of pyridine rings is 2. The summed E-state index contributed by atoms with van der Waals surface area (Å²) in [6.07, 6.45) is 10.9. The van der Waals surface area contributed by atoms with Gasteiger partial charge in [-0.05, 0) is 75.8 Å². The van der Waals surface area contributed by atoms with Crippen LogP contribution < -0.4 is 31.7 Å². The van der Waals surface area contributed by atoms with Gasteiger partial charge in [0.05, 0.1) is 35.1 Å². The third-order valence-electron chi connectivity index (χ3n) is 12.6. The highest BCUT2D eigenvalue weighted by Crippen LogP contribution is 2.34. The van der Waals surface area contributed by atoms with E-state index in [1.54, 1.807) is 42.1 Å². The lowest BCUT2D eigenvalue weighted by Gasteiger charge is -2.35. The van der Waals surface area contributed by atoms with Crippen molar-refractivity contribution in [1.82, 2.24) is 40.0 Å². The maximum atomic E-state index is 13.6. The van der Waals surface area contributed by atoms with Crippen molar-refractivity contribution in [3.8, 4) is 0 Å². The van der Waals surface area contributed by atoms with Gasteiger partial charge in [0, 0.05) is 69.0 Å². The number of amides is 5. The molecule has 330 valence electrons. The van der Waals surface area contributed by atoms with Gasteiger partial charge in [0.2, 0.25) is 23.7 Å². The van der Waals surface area contributed by atoms with Crippen LogP contribution in [0.1, 0.15) is 114 Å². The molecule has 18 nitrogen and oxygen atoms in total. The number of hydrogen-bond acceptors (Lipinski definition) is 14. The molecule has 0 spiro atoms. The minimum Gasteiger partial charge on any atom is -0.384 e. The van der Waals surface area contributed by atoms with E-state index in [9.17, 15) is 33.6 Å². The fraction of sp³-hybridized carbons (Fsp3) is 0.467. The van der Waals surface area contributed by atoms with Crippen LogP contribution in [0, 0.1) is 6.92 Å². The average Bonchev–Trinajstić information content (AvgIpc) is 3.88. The fourth-order valence-corrected chi connectivity index (χ4v) is 9.21. The second-order valence-electron chi connectivity index (χ2n) is 16.8. The third kappa shape index (κ3) is 9.16. The summed E-state index contributed by atoms with van der Waals surface area (Å²) in [6.45, 7) is 7.67. The van der Waals surface area contributed by atoms with E-state index in [0.717, 1.165) is 88.1 Å². The van der Waals surface area contributed by atoms with Gasteiger partial charge < -0.3 is 20.9 Å². The van der Waals surface area contributed by atoms with E-state index in [-0.39, 0.29) is 52.8 Å². The number of imide groups is 2. The zero-order valence-corrected chi connectivity index (χ0v) is 35.7. The molecule has 8 rings (SSSR count). The number of nitrogens with one attached hydrogen (secondary N) is 4. The second-order valence-corrected chi connectivity index (χ2v) is 16.8. The van der Waals surface area contributed by atoms with Crippen molar-refractivity contribution in [3.63, 3.8) is 0 Å². The van der Waals surface area contributed by atoms with Crippen molar-refractivity contribution >= 4 is 69.5 Å². The van der Waals surface area contributed by atoms with Crippen molar-refractivity contribution in [2.24, 2.45) is 0 Å². The highest BCUT2D eigenvalue weighted by Gasteiger charge is 2.45. The van der Waals surface area contributed by atoms with Gasteiger partial charge in [-0.25, -0.2) is 9.97 Å². The van der Waals surface area contributed by atoms with Gasteiger partial charge in [-0.1, -0.05) is 31.7 Å². The number of hydrogen-bond donors (Lipinski definition) is 4. The smallest absolute Gasteiger partial charge is 0.264 e. The summed E-state index contributed by atoms with van der Waals surface area (Å²) >= 11 is 0. The van der Waals surface area contributed by atoms with Gasteiger partial charge in [-0.2, -0.15) is 4.98 Å². The summed E-state index contributed by atoms with van der Waals surface area (Å²) in [4.78, 5) is 108. The maximum Gasteiger partial charge on any atom is 0.264 e. The molecule has 4 aromatic rings. The molecule has 2 saturated heterocycles. The summed E-state index contributed by atoms with van der Waals surface area (Å²) in [5.41, 5.74) is 3.04. The van der Waals surface area contributed by atoms with E-state index in [1.807, 2.05) is 12.1 Å². The van der Waals surface area contributed by atoms with E-state index >= 15 is 0 Å². The Morgan fingerprint density at radius 2 is 1.62 bits per heavy atom. The molecule has 0 radical (unpaired) electrons. The molecule has 63 heavy (non-hydrogen) atoms. The summed E-state index contributed by atoms with van der Waals surface area (Å²) in [6, 6.07) is 7.87. The van der Waals surface area contributed by atoms with E-state index in [4.69, 9.17) is 4.98 Å². The second kappa shape index (κ2) is 18.8. The number of piperazine rings is 1. The normalized spacial score (nSPS) is 18.2. The van der Waals surface area contributed by atoms with Crippen LogP contribution in [0.2, 0.25) is 0 Å². The first-order valence-corrected chi connectivity index (χ1v) is 22.0. The molecule has 1 atom stereocenters. The van der Waals surface area contributed by atoms with Crippen LogP contribution in [-0.2, 0) is 14.4 Å². The Kier molecular flexibility index (Phi) is 12.9. The number of anilines is 4. The van der Waals surface area contributed by atoms with Gasteiger partial charge in [-0.15, -0.1) is 0 Å². The van der Waals surface area contributed by atoms with Crippen molar-refractivity contribution in [2.45, 2.75) is 90.1 Å². The van der Waals surface area contributed by atoms with Crippen LogP contribution in [0.5, 0.6) is 0 Å². The molecular formula is C45H53N11O7. The number of Topliss-reactive ketones (excluding diaryl/α,β-unsaturated/α-hetero) is 1. The molecule has 1 unspecified atom stereocenters. The third-order valence-corrected chi connectivity index (χ3v) is 12.6. The first kappa shape index (κ1) is 43.1. The molecule has 1 aromatic carbocycles. The van der Waals surface area contributed by atoms with Gasteiger partial charge in [-0.3, -0.25) is 53.2 Å². The van der Waals surface area contributed by atoms with Crippen LogP contribution in [0.15, 0.2) is 47.5 Å². The van der Waals surface area contributed by atoms with E-state index in [1.165, 1.54) is 6.92 Å². The average molecular weight is 860 g/mol. The maximum absolute atomic E-state index is 13.6. The Morgan fingerprint density at radius 3 is 2.33 bits per heavy atom. The van der Waals surface area contributed by atoms with Crippen LogP contribution >= 0.6 is 0 Å². The number of nitrogens with zero attached hydrogens (tertiary/aromatic N) is 7. The first-order valence-electron chi connectivity index (χ1n) is 22.0. The van der Waals surface area contributed by atoms with E-state index in [0.29, 0.717) is 53.7 Å². The van der Waals surface area contributed by atoms with Gasteiger partial charge in [0.25, 0.3) is 17.4 Å². The lowest BCUT2D eigenvalue weighted by molar-refractivity contribution is -0.136. The molecule has 3 fully saturated rings. The minimum atomic E-state index is -1.01. The molecular weight excluding hydrogens is 807 g/mol. The standard InChI is InChI=1S/C45H53N11O7/c1-27-32-25-49-45(52-40(32)55(29-10-5-6-11-29)43(62)38(27)28(2)57)50-35-16-14-30(24-48-35)54-22-20-53(21-23-54)26-37(59)47-19-8-4-3-7-18-46-33-13-9-12-31-39(33)44(63)56(42(31)61)34-15-17-36(58)51-41(34)60/h9,12-14,16,24-25,29,34,46H,3-8,10-11,15,17-23,26H2,1-2H3,(H,47,59)(H,51,58,60)(H,48,49,50,52). The Labute approximate surface area is 364 Å².